The van der Waals surface area contributed by atoms with Gasteiger partial charge >= 0.3 is 0 Å². The highest BCUT2D eigenvalue weighted by molar-refractivity contribution is 6.45. The van der Waals surface area contributed by atoms with Crippen molar-refractivity contribution in [2.24, 2.45) is 0 Å². The number of allylic oxidation sites excluding steroid dienone is 2. The molecule has 0 bridgehead atoms. The van der Waals surface area contributed by atoms with Crippen LogP contribution < -0.4 is 0 Å². The van der Waals surface area contributed by atoms with Crippen LogP contribution in [0.1, 0.15) is 0 Å². The zero-order valence-electron chi connectivity index (χ0n) is 3.97. The van der Waals surface area contributed by atoms with Gasteiger partial charge in [0.1, 0.15) is 0 Å². The molecule has 38 valence electrons. The van der Waals surface area contributed by atoms with Crippen LogP contribution in [0.15, 0.2) is 23.6 Å². The first-order valence-electron chi connectivity index (χ1n) is 2.06. The van der Waals surface area contributed by atoms with Crippen LogP contribution in [0.2, 0.25) is 0 Å². The summed E-state index contributed by atoms with van der Waals surface area (Å²) in [7, 11) is 0. The van der Waals surface area contributed by atoms with Gasteiger partial charge in [-0.1, -0.05) is 11.5 Å². The molecular weight excluding hydrogens is 104 g/mol. The quantitative estimate of drug-likeness (QED) is 0.322. The third-order valence-corrected chi connectivity index (χ3v) is 0.733. The van der Waals surface area contributed by atoms with Crippen LogP contribution in [0, 0.1) is 0 Å². The van der Waals surface area contributed by atoms with E-state index in [9.17, 15) is 9.59 Å². The Balaban J connectivity index is 3.18. The monoisotopic (exact) mass is 106 g/mol. The first-order chi connectivity index (χ1) is 3.80. The summed E-state index contributed by atoms with van der Waals surface area (Å²) in [5.41, 5.74) is 4.73. The van der Waals surface area contributed by atoms with Gasteiger partial charge in [-0.2, -0.15) is 0 Å². The molecule has 0 saturated carbocycles. The minimum Gasteiger partial charge on any atom is -0.285 e. The van der Waals surface area contributed by atoms with E-state index < -0.39 is 11.6 Å². The Morgan fingerprint density at radius 2 is 1.38 bits per heavy atom. The van der Waals surface area contributed by atoms with Gasteiger partial charge in [0.05, 0.1) is 0 Å². The van der Waals surface area contributed by atoms with Crippen molar-refractivity contribution in [3.8, 4) is 0 Å². The summed E-state index contributed by atoms with van der Waals surface area (Å²) in [6, 6.07) is 0. The first-order valence-corrected chi connectivity index (χ1v) is 2.06. The van der Waals surface area contributed by atoms with Crippen LogP contribution in [0.5, 0.6) is 0 Å². The third-order valence-electron chi connectivity index (χ3n) is 0.733. The summed E-state index contributed by atoms with van der Waals surface area (Å²) in [5, 5.41) is 0. The highest BCUT2D eigenvalue weighted by Crippen LogP contribution is 1.84. The van der Waals surface area contributed by atoms with E-state index in [0.717, 1.165) is 12.2 Å². The van der Waals surface area contributed by atoms with Crippen LogP contribution >= 0.6 is 0 Å². The summed E-state index contributed by atoms with van der Waals surface area (Å²) < 4.78 is 0. The molecule has 0 N–H and O–H groups in total. The minimum atomic E-state index is -0.524. The molecule has 0 aromatic heterocycles. The van der Waals surface area contributed by atoms with Crippen LogP contribution in [0.3, 0.4) is 0 Å². The van der Waals surface area contributed by atoms with Crippen LogP contribution in [0.25, 0.3) is 0 Å². The van der Waals surface area contributed by atoms with Gasteiger partial charge in [0.25, 0.3) is 0 Å². The van der Waals surface area contributed by atoms with Crippen molar-refractivity contribution >= 4 is 11.6 Å². The molecule has 0 fully saturated rings. The van der Waals surface area contributed by atoms with Gasteiger partial charge in [0, 0.05) is 12.2 Å². The molecule has 0 aliphatic heterocycles. The fraction of sp³-hybridized carbons (Fsp3) is 0. The zero-order chi connectivity index (χ0) is 5.98. The van der Waals surface area contributed by atoms with Crippen molar-refractivity contribution in [2.45, 2.75) is 0 Å². The second-order valence-electron chi connectivity index (χ2n) is 1.31. The normalized spacial score (nSPS) is 15.5. The van der Waals surface area contributed by atoms with Crippen molar-refractivity contribution < 1.29 is 9.59 Å². The Labute approximate surface area is 45.8 Å². The molecule has 0 heterocycles. The molecule has 0 amide bonds. The van der Waals surface area contributed by atoms with E-state index in [-0.39, 0.29) is 0 Å². The standard InChI is InChI=1S/C6H2O2/c7-5-3-1-2-4-6(5)8/h3-4H. The van der Waals surface area contributed by atoms with Gasteiger partial charge in [-0.15, -0.1) is 0 Å². The fourth-order valence-corrected chi connectivity index (χ4v) is 0.357. The molecule has 8 heavy (non-hydrogen) atoms. The lowest BCUT2D eigenvalue weighted by atomic mass is 10.2. The van der Waals surface area contributed by atoms with Gasteiger partial charge in [-0.3, -0.25) is 9.59 Å². The van der Waals surface area contributed by atoms with Gasteiger partial charge in [-0.05, 0) is 0 Å². The maximum atomic E-state index is 10.3. The van der Waals surface area contributed by atoms with Crippen LogP contribution in [-0.4, -0.2) is 11.6 Å². The van der Waals surface area contributed by atoms with E-state index in [1.54, 1.807) is 0 Å². The Morgan fingerprint density at radius 1 is 1.00 bits per heavy atom. The average molecular weight is 106 g/mol. The van der Waals surface area contributed by atoms with E-state index in [4.69, 9.17) is 0 Å². The van der Waals surface area contributed by atoms with Crippen molar-refractivity contribution in [1.82, 2.24) is 0 Å². The number of ketones is 2. The molecule has 1 rings (SSSR count). The number of carbonyl (C=O) groups is 2. The summed E-state index contributed by atoms with van der Waals surface area (Å²) in [6.45, 7) is 0. The molecule has 0 spiro atoms. The predicted molar refractivity (Wildman–Crippen MR) is 26.2 cm³/mol. The van der Waals surface area contributed by atoms with Crippen molar-refractivity contribution in [3.63, 3.8) is 0 Å². The smallest absolute Gasteiger partial charge is 0.234 e. The lowest BCUT2D eigenvalue weighted by Gasteiger charge is -1.82. The number of rotatable bonds is 0. The molecule has 0 aromatic rings. The van der Waals surface area contributed by atoms with Crippen molar-refractivity contribution in [2.75, 3.05) is 0 Å². The summed E-state index contributed by atoms with van der Waals surface area (Å²) >= 11 is 0. The lowest BCUT2D eigenvalue weighted by Crippen LogP contribution is -2.07. The number of hydrogen-bond acceptors (Lipinski definition) is 2. The first kappa shape index (κ1) is 4.79. The molecule has 0 saturated heterocycles. The molecule has 0 atom stereocenters. The van der Waals surface area contributed by atoms with Crippen molar-refractivity contribution in [3.05, 3.63) is 23.6 Å². The Bertz CT molecular complexity index is 209. The largest absolute Gasteiger partial charge is 0.285 e. The van der Waals surface area contributed by atoms with E-state index in [1.165, 1.54) is 0 Å². The van der Waals surface area contributed by atoms with Crippen LogP contribution in [0.4, 0.5) is 0 Å². The Kier molecular flexibility index (Phi) is 0.974. The maximum Gasteiger partial charge on any atom is 0.234 e. The third kappa shape index (κ3) is 0.662. The highest BCUT2D eigenvalue weighted by atomic mass is 16.2. The molecule has 2 nitrogen and oxygen atoms in total. The Hall–Kier alpha value is -1.36. The fourth-order valence-electron chi connectivity index (χ4n) is 0.357. The van der Waals surface area contributed by atoms with Gasteiger partial charge in [0.15, 0.2) is 0 Å². The molecule has 0 unspecified atom stereocenters. The lowest BCUT2D eigenvalue weighted by molar-refractivity contribution is -0.130. The SMILES string of the molecule is O=C1C=C=C=CC1=O. The topological polar surface area (TPSA) is 34.1 Å². The summed E-state index contributed by atoms with van der Waals surface area (Å²) in [6.07, 6.45) is 2.14. The van der Waals surface area contributed by atoms with E-state index >= 15 is 0 Å². The second kappa shape index (κ2) is 1.63. The van der Waals surface area contributed by atoms with E-state index in [1.807, 2.05) is 0 Å². The van der Waals surface area contributed by atoms with Crippen molar-refractivity contribution in [1.29, 1.82) is 0 Å². The molecule has 0 aromatic carbocycles. The van der Waals surface area contributed by atoms with E-state index in [2.05, 4.69) is 11.5 Å². The predicted octanol–water partition coefficient (Wildman–Crippen LogP) is 0.00460. The van der Waals surface area contributed by atoms with Gasteiger partial charge < -0.3 is 0 Å². The maximum absolute atomic E-state index is 10.3. The second-order valence-corrected chi connectivity index (χ2v) is 1.31. The van der Waals surface area contributed by atoms with Crippen LogP contribution in [-0.2, 0) is 9.59 Å². The highest BCUT2D eigenvalue weighted by Gasteiger charge is 2.05. The molecule has 0 radical (unpaired) electrons. The zero-order valence-corrected chi connectivity index (χ0v) is 3.97. The molecule has 1 aliphatic rings. The summed E-state index contributed by atoms with van der Waals surface area (Å²) in [5.74, 6) is -1.05. The van der Waals surface area contributed by atoms with Gasteiger partial charge in [0.2, 0.25) is 11.6 Å². The molecule has 1 aliphatic carbocycles. The number of carbonyl (C=O) groups excluding carboxylic acids is 2. The molecule has 2 heteroatoms. The minimum absolute atomic E-state index is 0.524. The number of hydrogen-bond donors (Lipinski definition) is 0. The summed E-state index contributed by atoms with van der Waals surface area (Å²) in [4.78, 5) is 20.5. The van der Waals surface area contributed by atoms with Gasteiger partial charge in [-0.25, -0.2) is 0 Å². The Morgan fingerprint density at radius 3 is 1.62 bits per heavy atom. The average Bonchev–Trinajstić information content (AvgIpc) is 1.77. The van der Waals surface area contributed by atoms with E-state index in [0.29, 0.717) is 0 Å². The molecular formula is C6H2O2.